The van der Waals surface area contributed by atoms with Crippen LogP contribution in [0.3, 0.4) is 0 Å². The first-order valence-corrected chi connectivity index (χ1v) is 5.95. The molecular weight excluding hydrogens is 216 g/mol. The Labute approximate surface area is 95.1 Å². The van der Waals surface area contributed by atoms with Crippen LogP contribution in [0.1, 0.15) is 39.0 Å². The van der Waals surface area contributed by atoms with Crippen LogP contribution >= 0.6 is 11.6 Å². The number of Topliss-reactive ketones (excluding diaryl/α,β-unsaturated/α-hetero) is 1. The van der Waals surface area contributed by atoms with Gasteiger partial charge in [-0.2, -0.15) is 0 Å². The standard InChI is InChI=1S/C11H17ClO3/c1-2-15-11(14)9(12)10(13)8-6-4-3-5-7-8/h8-9H,2-7H2,1H3. The molecule has 0 aromatic heterocycles. The lowest BCUT2D eigenvalue weighted by atomic mass is 9.85. The maximum Gasteiger partial charge on any atom is 0.331 e. The fourth-order valence-corrected chi connectivity index (χ4v) is 2.17. The van der Waals surface area contributed by atoms with Crippen LogP contribution in [0.2, 0.25) is 0 Å². The van der Waals surface area contributed by atoms with Crippen LogP contribution in [-0.4, -0.2) is 23.7 Å². The van der Waals surface area contributed by atoms with E-state index in [1.54, 1.807) is 6.92 Å². The summed E-state index contributed by atoms with van der Waals surface area (Å²) in [7, 11) is 0. The summed E-state index contributed by atoms with van der Waals surface area (Å²) >= 11 is 5.77. The zero-order chi connectivity index (χ0) is 11.3. The second-order valence-electron chi connectivity index (χ2n) is 3.85. The van der Waals surface area contributed by atoms with Crippen molar-refractivity contribution in [1.29, 1.82) is 0 Å². The maximum atomic E-state index is 11.8. The molecule has 1 aliphatic carbocycles. The van der Waals surface area contributed by atoms with Gasteiger partial charge in [0.05, 0.1) is 6.61 Å². The highest BCUT2D eigenvalue weighted by Crippen LogP contribution is 2.26. The molecule has 0 saturated heterocycles. The summed E-state index contributed by atoms with van der Waals surface area (Å²) < 4.78 is 4.72. The summed E-state index contributed by atoms with van der Waals surface area (Å²) in [5.74, 6) is -0.796. The van der Waals surface area contributed by atoms with Gasteiger partial charge in [-0.15, -0.1) is 11.6 Å². The monoisotopic (exact) mass is 232 g/mol. The smallest absolute Gasteiger partial charge is 0.331 e. The molecule has 1 saturated carbocycles. The topological polar surface area (TPSA) is 43.4 Å². The van der Waals surface area contributed by atoms with E-state index >= 15 is 0 Å². The lowest BCUT2D eigenvalue weighted by Gasteiger charge is -2.21. The van der Waals surface area contributed by atoms with Crippen LogP contribution in [0.15, 0.2) is 0 Å². The Morgan fingerprint density at radius 2 is 1.93 bits per heavy atom. The third-order valence-electron chi connectivity index (χ3n) is 2.75. The zero-order valence-corrected chi connectivity index (χ0v) is 9.76. The first-order chi connectivity index (χ1) is 7.16. The molecule has 1 aliphatic rings. The molecule has 0 aromatic rings. The highest BCUT2D eigenvalue weighted by Gasteiger charge is 2.32. The normalized spacial score (nSPS) is 19.6. The Balaban J connectivity index is 2.47. The third kappa shape index (κ3) is 3.49. The molecule has 0 radical (unpaired) electrons. The first kappa shape index (κ1) is 12.5. The maximum absolute atomic E-state index is 11.8. The van der Waals surface area contributed by atoms with Crippen molar-refractivity contribution in [2.45, 2.75) is 44.4 Å². The van der Waals surface area contributed by atoms with E-state index in [1.165, 1.54) is 6.42 Å². The van der Waals surface area contributed by atoms with Crippen LogP contribution in [-0.2, 0) is 14.3 Å². The fraction of sp³-hybridized carbons (Fsp3) is 0.818. The molecule has 0 amide bonds. The predicted molar refractivity (Wildman–Crippen MR) is 57.9 cm³/mol. The number of hydrogen-bond acceptors (Lipinski definition) is 3. The van der Waals surface area contributed by atoms with Crippen LogP contribution in [0.25, 0.3) is 0 Å². The molecular formula is C11H17ClO3. The number of carbonyl (C=O) groups excluding carboxylic acids is 2. The molecule has 1 unspecified atom stereocenters. The molecule has 0 bridgehead atoms. The lowest BCUT2D eigenvalue weighted by molar-refractivity contribution is -0.146. The highest BCUT2D eigenvalue weighted by molar-refractivity contribution is 6.41. The zero-order valence-electron chi connectivity index (χ0n) is 9.00. The average Bonchev–Trinajstić information content (AvgIpc) is 2.28. The molecule has 3 nitrogen and oxygen atoms in total. The van der Waals surface area contributed by atoms with Gasteiger partial charge < -0.3 is 4.74 Å². The predicted octanol–water partition coefficient (Wildman–Crippen LogP) is 2.31. The summed E-state index contributed by atoms with van der Waals surface area (Å²) in [6.07, 6.45) is 5.02. The van der Waals surface area contributed by atoms with E-state index in [-0.39, 0.29) is 18.3 Å². The van der Waals surface area contributed by atoms with Crippen LogP contribution in [0, 0.1) is 5.92 Å². The minimum absolute atomic E-state index is 0.0364. The number of hydrogen-bond donors (Lipinski definition) is 0. The Hall–Kier alpha value is -0.570. The number of carbonyl (C=O) groups is 2. The largest absolute Gasteiger partial charge is 0.465 e. The minimum Gasteiger partial charge on any atom is -0.465 e. The van der Waals surface area contributed by atoms with E-state index in [9.17, 15) is 9.59 Å². The van der Waals surface area contributed by atoms with Gasteiger partial charge in [-0.25, -0.2) is 4.79 Å². The highest BCUT2D eigenvalue weighted by atomic mass is 35.5. The van der Waals surface area contributed by atoms with Gasteiger partial charge in [0.2, 0.25) is 0 Å². The molecule has 0 heterocycles. The summed E-state index contributed by atoms with van der Waals surface area (Å²) in [6, 6.07) is 0. The second kappa shape index (κ2) is 6.11. The second-order valence-corrected chi connectivity index (χ2v) is 4.29. The van der Waals surface area contributed by atoms with Crippen molar-refractivity contribution in [2.24, 2.45) is 5.92 Å². The summed E-state index contributed by atoms with van der Waals surface area (Å²) in [5.41, 5.74) is 0. The number of esters is 1. The summed E-state index contributed by atoms with van der Waals surface area (Å²) in [6.45, 7) is 1.96. The summed E-state index contributed by atoms with van der Waals surface area (Å²) in [4.78, 5) is 23.0. The molecule has 0 aromatic carbocycles. The number of ketones is 1. The van der Waals surface area contributed by atoms with E-state index in [4.69, 9.17) is 16.3 Å². The van der Waals surface area contributed by atoms with Crippen molar-refractivity contribution in [3.63, 3.8) is 0 Å². The molecule has 4 heteroatoms. The van der Waals surface area contributed by atoms with Gasteiger partial charge in [0.1, 0.15) is 0 Å². The molecule has 1 rings (SSSR count). The average molecular weight is 233 g/mol. The third-order valence-corrected chi connectivity index (χ3v) is 3.14. The van der Waals surface area contributed by atoms with E-state index in [1.807, 2.05) is 0 Å². The van der Waals surface area contributed by atoms with Crippen LogP contribution < -0.4 is 0 Å². The Bertz CT molecular complexity index is 234. The number of alkyl halides is 1. The molecule has 86 valence electrons. The van der Waals surface area contributed by atoms with Gasteiger partial charge in [-0.05, 0) is 19.8 Å². The fourth-order valence-electron chi connectivity index (χ4n) is 1.93. The van der Waals surface area contributed by atoms with Crippen molar-refractivity contribution < 1.29 is 14.3 Å². The Kier molecular flexibility index (Phi) is 5.09. The van der Waals surface area contributed by atoms with Crippen molar-refractivity contribution >= 4 is 23.4 Å². The van der Waals surface area contributed by atoms with E-state index < -0.39 is 11.3 Å². The van der Waals surface area contributed by atoms with Gasteiger partial charge >= 0.3 is 5.97 Å². The lowest BCUT2D eigenvalue weighted by Crippen LogP contribution is -2.33. The van der Waals surface area contributed by atoms with E-state index in [2.05, 4.69) is 0 Å². The number of ether oxygens (including phenoxy) is 1. The Morgan fingerprint density at radius 3 is 2.47 bits per heavy atom. The molecule has 1 atom stereocenters. The molecule has 0 aliphatic heterocycles. The summed E-state index contributed by atoms with van der Waals surface area (Å²) in [5, 5.41) is -1.10. The molecule has 0 N–H and O–H groups in total. The van der Waals surface area contributed by atoms with Gasteiger partial charge in [0.25, 0.3) is 0 Å². The van der Waals surface area contributed by atoms with Crippen molar-refractivity contribution in [3.05, 3.63) is 0 Å². The van der Waals surface area contributed by atoms with Crippen molar-refractivity contribution in [3.8, 4) is 0 Å². The number of rotatable bonds is 4. The quantitative estimate of drug-likeness (QED) is 0.424. The van der Waals surface area contributed by atoms with E-state index in [0.717, 1.165) is 25.7 Å². The van der Waals surface area contributed by atoms with Crippen LogP contribution in [0.5, 0.6) is 0 Å². The molecule has 0 spiro atoms. The van der Waals surface area contributed by atoms with Crippen LogP contribution in [0.4, 0.5) is 0 Å². The van der Waals surface area contributed by atoms with Gasteiger partial charge in [-0.3, -0.25) is 4.79 Å². The Morgan fingerprint density at radius 1 is 1.33 bits per heavy atom. The molecule has 15 heavy (non-hydrogen) atoms. The van der Waals surface area contributed by atoms with Gasteiger partial charge in [0.15, 0.2) is 11.2 Å². The van der Waals surface area contributed by atoms with Crippen molar-refractivity contribution in [1.82, 2.24) is 0 Å². The minimum atomic E-state index is -1.10. The van der Waals surface area contributed by atoms with Gasteiger partial charge in [-0.1, -0.05) is 19.3 Å². The van der Waals surface area contributed by atoms with Gasteiger partial charge in [0, 0.05) is 5.92 Å². The number of halogens is 1. The van der Waals surface area contributed by atoms with E-state index in [0.29, 0.717) is 0 Å². The SMILES string of the molecule is CCOC(=O)C(Cl)C(=O)C1CCCCC1. The molecule has 1 fully saturated rings. The van der Waals surface area contributed by atoms with Crippen molar-refractivity contribution in [2.75, 3.05) is 6.61 Å². The first-order valence-electron chi connectivity index (χ1n) is 5.51.